The van der Waals surface area contributed by atoms with Crippen LogP contribution in [-0.4, -0.2) is 29.2 Å². The topological polar surface area (TPSA) is 81.9 Å². The minimum atomic E-state index is -3.75. The number of para-hydroxylation sites is 2. The molecule has 3 rings (SSSR count). The number of carbonyl (C=O) groups excluding carboxylic acids is 1. The van der Waals surface area contributed by atoms with E-state index in [9.17, 15) is 9.36 Å². The second-order valence-corrected chi connectivity index (χ2v) is 9.46. The molecule has 7 heteroatoms. The first-order valence-electron chi connectivity index (χ1n) is 10.1. The van der Waals surface area contributed by atoms with Gasteiger partial charge in [0.2, 0.25) is 5.91 Å². The summed E-state index contributed by atoms with van der Waals surface area (Å²) in [6.45, 7) is 4.45. The van der Waals surface area contributed by atoms with Crippen LogP contribution in [0.15, 0.2) is 60.7 Å². The zero-order valence-electron chi connectivity index (χ0n) is 16.9. The number of benzene rings is 2. The third kappa shape index (κ3) is 5.01. The SMILES string of the molecule is CC[C@@H](C)[C@H](N)C(=O)N1CCC[C@@H]1P(=O)(Oc1ccccc1)Oc1ccccc1. The van der Waals surface area contributed by atoms with Crippen LogP contribution >= 0.6 is 7.60 Å². The predicted octanol–water partition coefficient (Wildman–Crippen LogP) is 4.66. The van der Waals surface area contributed by atoms with Crippen molar-refractivity contribution in [3.63, 3.8) is 0 Å². The predicted molar refractivity (Wildman–Crippen MR) is 114 cm³/mol. The highest BCUT2D eigenvalue weighted by Gasteiger charge is 2.48. The van der Waals surface area contributed by atoms with Crippen LogP contribution in [0.1, 0.15) is 33.1 Å². The van der Waals surface area contributed by atoms with E-state index in [1.54, 1.807) is 53.4 Å². The maximum absolute atomic E-state index is 14.1. The molecule has 3 atom stereocenters. The van der Waals surface area contributed by atoms with E-state index >= 15 is 0 Å². The maximum atomic E-state index is 14.1. The van der Waals surface area contributed by atoms with Gasteiger partial charge in [-0.15, -0.1) is 0 Å². The molecule has 1 aliphatic heterocycles. The Bertz CT molecular complexity index is 801. The molecular weight excluding hydrogens is 387 g/mol. The molecule has 2 aromatic carbocycles. The lowest BCUT2D eigenvalue weighted by Crippen LogP contribution is -2.49. The number of hydrogen-bond acceptors (Lipinski definition) is 5. The van der Waals surface area contributed by atoms with Gasteiger partial charge in [-0.3, -0.25) is 4.79 Å². The number of hydrogen-bond donors (Lipinski definition) is 1. The molecule has 2 aromatic rings. The van der Waals surface area contributed by atoms with Crippen molar-refractivity contribution in [1.29, 1.82) is 0 Å². The van der Waals surface area contributed by atoms with Gasteiger partial charge in [-0.05, 0) is 43.0 Å². The lowest BCUT2D eigenvalue weighted by molar-refractivity contribution is -0.133. The second-order valence-electron chi connectivity index (χ2n) is 7.41. The number of nitrogens with two attached hydrogens (primary N) is 1. The summed E-state index contributed by atoms with van der Waals surface area (Å²) in [7, 11) is -3.75. The van der Waals surface area contributed by atoms with Crippen molar-refractivity contribution in [2.45, 2.75) is 44.9 Å². The van der Waals surface area contributed by atoms with Crippen molar-refractivity contribution in [2.75, 3.05) is 6.54 Å². The van der Waals surface area contributed by atoms with E-state index in [1.165, 1.54) is 0 Å². The normalized spacial score (nSPS) is 18.9. The van der Waals surface area contributed by atoms with Crippen molar-refractivity contribution in [3.05, 3.63) is 60.7 Å². The standard InChI is InChI=1S/C22H29N2O4P/c1-3-17(2)21(23)22(25)24-16-10-15-20(24)29(26,27-18-11-6-4-7-12-18)28-19-13-8-5-9-14-19/h4-9,11-14,17,20-21H,3,10,15-16,23H2,1-2H3/t17-,20+,21+/m1/s1. The minimum absolute atomic E-state index is 0.0354. The lowest BCUT2D eigenvalue weighted by atomic mass is 9.99. The Labute approximate surface area is 172 Å². The number of likely N-dealkylation sites (tertiary alicyclic amines) is 1. The van der Waals surface area contributed by atoms with Crippen LogP contribution in [0.3, 0.4) is 0 Å². The number of rotatable bonds is 8. The molecule has 2 N–H and O–H groups in total. The Morgan fingerprint density at radius 3 is 2.10 bits per heavy atom. The molecular formula is C22H29N2O4P. The van der Waals surface area contributed by atoms with E-state index in [4.69, 9.17) is 14.8 Å². The summed E-state index contributed by atoms with van der Waals surface area (Å²) in [6, 6.07) is 17.2. The van der Waals surface area contributed by atoms with Gasteiger partial charge in [-0.2, -0.15) is 0 Å². The molecule has 1 saturated heterocycles. The first kappa shape index (κ1) is 21.4. The van der Waals surface area contributed by atoms with Gasteiger partial charge in [0.1, 0.15) is 11.5 Å². The average molecular weight is 416 g/mol. The monoisotopic (exact) mass is 416 g/mol. The molecule has 1 amide bonds. The largest absolute Gasteiger partial charge is 0.453 e. The van der Waals surface area contributed by atoms with E-state index in [0.29, 0.717) is 24.5 Å². The van der Waals surface area contributed by atoms with E-state index in [-0.39, 0.29) is 11.8 Å². The molecule has 0 bridgehead atoms. The summed E-state index contributed by atoms with van der Waals surface area (Å²) in [5.41, 5.74) is 6.20. The van der Waals surface area contributed by atoms with Gasteiger partial charge in [-0.1, -0.05) is 56.7 Å². The molecule has 1 fully saturated rings. The summed E-state index contributed by atoms with van der Waals surface area (Å²) < 4.78 is 25.9. The molecule has 0 saturated carbocycles. The second kappa shape index (κ2) is 9.47. The summed E-state index contributed by atoms with van der Waals surface area (Å²) in [4.78, 5) is 14.7. The fourth-order valence-corrected chi connectivity index (χ4v) is 5.60. The van der Waals surface area contributed by atoms with Gasteiger partial charge >= 0.3 is 7.60 Å². The summed E-state index contributed by atoms with van der Waals surface area (Å²) >= 11 is 0. The highest BCUT2D eigenvalue weighted by atomic mass is 31.2. The maximum Gasteiger partial charge on any atom is 0.453 e. The first-order chi connectivity index (χ1) is 13.9. The Kier molecular flexibility index (Phi) is 6.99. The number of nitrogens with zero attached hydrogens (tertiary/aromatic N) is 1. The Morgan fingerprint density at radius 2 is 1.62 bits per heavy atom. The van der Waals surface area contributed by atoms with Crippen LogP contribution in [0, 0.1) is 5.92 Å². The van der Waals surface area contributed by atoms with E-state index in [0.717, 1.165) is 12.8 Å². The third-order valence-corrected chi connectivity index (χ3v) is 7.56. The van der Waals surface area contributed by atoms with Gasteiger partial charge < -0.3 is 19.7 Å². The highest BCUT2D eigenvalue weighted by molar-refractivity contribution is 7.55. The van der Waals surface area contributed by atoms with Crippen LogP contribution < -0.4 is 14.8 Å². The lowest BCUT2D eigenvalue weighted by Gasteiger charge is -2.33. The smallest absolute Gasteiger partial charge is 0.415 e. The van der Waals surface area contributed by atoms with Gasteiger partial charge in [-0.25, -0.2) is 4.57 Å². The van der Waals surface area contributed by atoms with Crippen LogP contribution in [0.4, 0.5) is 0 Å². The van der Waals surface area contributed by atoms with Gasteiger partial charge in [0.25, 0.3) is 0 Å². The van der Waals surface area contributed by atoms with Crippen molar-refractivity contribution in [1.82, 2.24) is 4.90 Å². The molecule has 0 aromatic heterocycles. The number of amides is 1. The van der Waals surface area contributed by atoms with Crippen LogP contribution in [-0.2, 0) is 9.36 Å². The summed E-state index contributed by atoms with van der Waals surface area (Å²) in [5.74, 6) is 0.0451. The molecule has 0 unspecified atom stereocenters. The molecule has 0 radical (unpaired) electrons. The van der Waals surface area contributed by atoms with Crippen molar-refractivity contribution in [3.8, 4) is 11.5 Å². The summed E-state index contributed by atoms with van der Waals surface area (Å²) in [6.07, 6.45) is 2.06. The van der Waals surface area contributed by atoms with Crippen molar-refractivity contribution < 1.29 is 18.4 Å². The highest BCUT2D eigenvalue weighted by Crippen LogP contribution is 2.57. The van der Waals surface area contributed by atoms with Crippen molar-refractivity contribution in [2.24, 2.45) is 11.7 Å². The molecule has 1 aliphatic rings. The van der Waals surface area contributed by atoms with Crippen LogP contribution in [0.2, 0.25) is 0 Å². The molecule has 0 aliphatic carbocycles. The quantitative estimate of drug-likeness (QED) is 0.633. The zero-order valence-corrected chi connectivity index (χ0v) is 17.8. The van der Waals surface area contributed by atoms with E-state index in [2.05, 4.69) is 0 Å². The van der Waals surface area contributed by atoms with Gasteiger partial charge in [0.15, 0.2) is 5.78 Å². The molecule has 29 heavy (non-hydrogen) atoms. The molecule has 156 valence electrons. The molecule has 6 nitrogen and oxygen atoms in total. The fraction of sp³-hybridized carbons (Fsp3) is 0.409. The average Bonchev–Trinajstić information content (AvgIpc) is 3.24. The first-order valence-corrected chi connectivity index (χ1v) is 11.7. The molecule has 0 spiro atoms. The Balaban J connectivity index is 1.91. The Hall–Kier alpha value is -2.30. The third-order valence-electron chi connectivity index (χ3n) is 5.36. The Morgan fingerprint density at radius 1 is 1.10 bits per heavy atom. The number of carbonyl (C=O) groups is 1. The van der Waals surface area contributed by atoms with Crippen LogP contribution in [0.25, 0.3) is 0 Å². The van der Waals surface area contributed by atoms with E-state index < -0.39 is 19.4 Å². The van der Waals surface area contributed by atoms with Crippen LogP contribution in [0.5, 0.6) is 11.5 Å². The zero-order chi connectivity index (χ0) is 20.9. The van der Waals surface area contributed by atoms with Gasteiger partial charge in [0, 0.05) is 6.54 Å². The van der Waals surface area contributed by atoms with E-state index in [1.807, 2.05) is 26.0 Å². The molecule has 1 heterocycles. The van der Waals surface area contributed by atoms with Gasteiger partial charge in [0.05, 0.1) is 6.04 Å². The summed E-state index contributed by atoms with van der Waals surface area (Å²) in [5, 5.41) is 0. The van der Waals surface area contributed by atoms with Crippen molar-refractivity contribution >= 4 is 13.5 Å². The fourth-order valence-electron chi connectivity index (χ4n) is 3.42. The minimum Gasteiger partial charge on any atom is -0.415 e.